The molecule has 0 fully saturated rings. The SMILES string of the molecule is CC[C@@H](C)NC(=O)[C@H](Cc1ccccc1)N(Cc1c(Cl)cccc1Cl)C(=O)CN(c1ccccc1)S(=O)(=O)c1ccc(Cl)cc1. The third-order valence-corrected chi connectivity index (χ3v) is 10.1. The number of carbonyl (C=O) groups is 2. The van der Waals surface area contributed by atoms with Gasteiger partial charge < -0.3 is 10.2 Å². The van der Waals surface area contributed by atoms with Gasteiger partial charge in [-0.15, -0.1) is 0 Å². The number of hydrogen-bond donors (Lipinski definition) is 1. The highest BCUT2D eigenvalue weighted by Crippen LogP contribution is 2.29. The van der Waals surface area contributed by atoms with Gasteiger partial charge in [0.15, 0.2) is 0 Å². The number of nitrogens with one attached hydrogen (secondary N) is 1. The highest BCUT2D eigenvalue weighted by Gasteiger charge is 2.35. The van der Waals surface area contributed by atoms with Gasteiger partial charge in [0, 0.05) is 39.6 Å². The Bertz CT molecular complexity index is 1690. The van der Waals surface area contributed by atoms with Gasteiger partial charge >= 0.3 is 0 Å². The molecule has 2 atom stereocenters. The van der Waals surface area contributed by atoms with E-state index in [4.69, 9.17) is 34.8 Å². The van der Waals surface area contributed by atoms with Crippen LogP contribution < -0.4 is 9.62 Å². The van der Waals surface area contributed by atoms with Gasteiger partial charge in [-0.1, -0.05) is 96.3 Å². The molecule has 4 aromatic carbocycles. The van der Waals surface area contributed by atoms with Gasteiger partial charge in [0.1, 0.15) is 12.6 Å². The van der Waals surface area contributed by atoms with Crippen molar-refractivity contribution in [3.05, 3.63) is 129 Å². The molecular weight excluding hydrogens is 653 g/mol. The van der Waals surface area contributed by atoms with Gasteiger partial charge in [-0.25, -0.2) is 8.42 Å². The minimum atomic E-state index is -4.24. The van der Waals surface area contributed by atoms with Crippen LogP contribution in [0.2, 0.25) is 15.1 Å². The fourth-order valence-corrected chi connectivity index (χ4v) is 6.76. The van der Waals surface area contributed by atoms with Crippen molar-refractivity contribution in [1.82, 2.24) is 10.2 Å². The van der Waals surface area contributed by atoms with Gasteiger partial charge in [0.25, 0.3) is 10.0 Å². The van der Waals surface area contributed by atoms with Crippen LogP contribution in [-0.4, -0.2) is 43.8 Å². The van der Waals surface area contributed by atoms with E-state index >= 15 is 0 Å². The highest BCUT2D eigenvalue weighted by atomic mass is 35.5. The van der Waals surface area contributed by atoms with Gasteiger partial charge in [0.2, 0.25) is 11.8 Å². The van der Waals surface area contributed by atoms with Crippen molar-refractivity contribution >= 4 is 62.3 Å². The molecule has 2 amide bonds. The molecule has 7 nitrogen and oxygen atoms in total. The Balaban J connectivity index is 1.82. The lowest BCUT2D eigenvalue weighted by atomic mass is 10.0. The third-order valence-electron chi connectivity index (χ3n) is 7.39. The van der Waals surface area contributed by atoms with Crippen molar-refractivity contribution in [2.75, 3.05) is 10.8 Å². The van der Waals surface area contributed by atoms with Gasteiger partial charge in [0.05, 0.1) is 10.6 Å². The number of benzene rings is 4. The van der Waals surface area contributed by atoms with E-state index in [1.165, 1.54) is 29.2 Å². The van der Waals surface area contributed by atoms with E-state index in [0.717, 1.165) is 9.87 Å². The number of carbonyl (C=O) groups excluding carboxylic acids is 2. The van der Waals surface area contributed by atoms with Crippen LogP contribution in [0.3, 0.4) is 0 Å². The molecule has 45 heavy (non-hydrogen) atoms. The van der Waals surface area contributed by atoms with Crippen molar-refractivity contribution in [3.8, 4) is 0 Å². The van der Waals surface area contributed by atoms with Crippen LogP contribution in [-0.2, 0) is 32.6 Å². The van der Waals surface area contributed by atoms with E-state index in [1.54, 1.807) is 48.5 Å². The first-order valence-corrected chi connectivity index (χ1v) is 17.0. The summed E-state index contributed by atoms with van der Waals surface area (Å²) in [5, 5.41) is 4.00. The average molecular weight is 687 g/mol. The maximum Gasteiger partial charge on any atom is 0.264 e. The van der Waals surface area contributed by atoms with E-state index in [-0.39, 0.29) is 35.5 Å². The van der Waals surface area contributed by atoms with Gasteiger partial charge in [-0.05, 0) is 67.4 Å². The number of nitrogens with zero attached hydrogens (tertiary/aromatic N) is 2. The maximum atomic E-state index is 14.5. The molecule has 0 unspecified atom stereocenters. The molecule has 0 saturated carbocycles. The molecule has 11 heteroatoms. The summed E-state index contributed by atoms with van der Waals surface area (Å²) in [7, 11) is -4.24. The number of sulfonamides is 1. The molecular formula is C34H34Cl3N3O4S. The molecule has 0 heterocycles. The molecule has 4 rings (SSSR count). The van der Waals surface area contributed by atoms with E-state index in [2.05, 4.69) is 5.32 Å². The molecule has 0 radical (unpaired) electrons. The summed E-state index contributed by atoms with van der Waals surface area (Å²) in [6, 6.07) is 27.2. The Morgan fingerprint density at radius 1 is 0.800 bits per heavy atom. The van der Waals surface area contributed by atoms with Crippen molar-refractivity contribution in [1.29, 1.82) is 0 Å². The summed E-state index contributed by atoms with van der Waals surface area (Å²) in [5.74, 6) is -0.996. The number of para-hydroxylation sites is 1. The average Bonchev–Trinajstić information content (AvgIpc) is 3.03. The smallest absolute Gasteiger partial charge is 0.264 e. The lowest BCUT2D eigenvalue weighted by molar-refractivity contribution is -0.140. The van der Waals surface area contributed by atoms with E-state index < -0.39 is 28.5 Å². The van der Waals surface area contributed by atoms with Crippen LogP contribution in [0.15, 0.2) is 108 Å². The normalized spacial score (nSPS) is 12.6. The quantitative estimate of drug-likeness (QED) is 0.159. The number of anilines is 1. The molecule has 1 N–H and O–H groups in total. The fraction of sp³-hybridized carbons (Fsp3) is 0.235. The minimum Gasteiger partial charge on any atom is -0.352 e. The Labute approximate surface area is 279 Å². The van der Waals surface area contributed by atoms with Crippen molar-refractivity contribution in [3.63, 3.8) is 0 Å². The molecule has 0 aliphatic heterocycles. The Hall–Kier alpha value is -3.56. The minimum absolute atomic E-state index is 0.0420. The molecule has 0 aliphatic rings. The standard InChI is InChI=1S/C34H34Cl3N3O4S/c1-3-24(2)38-34(42)32(21-25-11-6-4-7-12-25)39(22-29-30(36)15-10-16-31(29)37)33(41)23-40(27-13-8-5-9-14-27)45(43,44)28-19-17-26(35)18-20-28/h4-20,24,32H,3,21-23H2,1-2H3,(H,38,42)/t24-,32+/m1/s1. The molecule has 0 aromatic heterocycles. The summed E-state index contributed by atoms with van der Waals surface area (Å²) < 4.78 is 29.1. The molecule has 4 aromatic rings. The van der Waals surface area contributed by atoms with Crippen LogP contribution in [0.5, 0.6) is 0 Å². The molecule has 0 aliphatic carbocycles. The zero-order valence-corrected chi connectivity index (χ0v) is 28.0. The zero-order chi connectivity index (χ0) is 32.6. The summed E-state index contributed by atoms with van der Waals surface area (Å²) >= 11 is 19.1. The second-order valence-electron chi connectivity index (χ2n) is 10.5. The highest BCUT2D eigenvalue weighted by molar-refractivity contribution is 7.92. The topological polar surface area (TPSA) is 86.8 Å². The number of rotatable bonds is 13. The van der Waals surface area contributed by atoms with E-state index in [1.807, 2.05) is 44.2 Å². The number of hydrogen-bond acceptors (Lipinski definition) is 4. The largest absolute Gasteiger partial charge is 0.352 e. The van der Waals surface area contributed by atoms with Crippen LogP contribution >= 0.6 is 34.8 Å². The molecule has 0 saturated heterocycles. The van der Waals surface area contributed by atoms with Crippen molar-refractivity contribution in [2.45, 2.75) is 50.2 Å². The Kier molecular flexibility index (Phi) is 11.9. The lowest BCUT2D eigenvalue weighted by Crippen LogP contribution is -2.54. The lowest BCUT2D eigenvalue weighted by Gasteiger charge is -2.34. The van der Waals surface area contributed by atoms with Crippen molar-refractivity contribution < 1.29 is 18.0 Å². The summed E-state index contributed by atoms with van der Waals surface area (Å²) in [6.45, 7) is 3.10. The summed E-state index contributed by atoms with van der Waals surface area (Å²) in [4.78, 5) is 29.7. The molecule has 0 spiro atoms. The van der Waals surface area contributed by atoms with Crippen molar-refractivity contribution in [2.24, 2.45) is 0 Å². The van der Waals surface area contributed by atoms with Crippen LogP contribution in [0.1, 0.15) is 31.4 Å². The first-order valence-electron chi connectivity index (χ1n) is 14.4. The van der Waals surface area contributed by atoms with Gasteiger partial charge in [-0.3, -0.25) is 13.9 Å². The van der Waals surface area contributed by atoms with E-state index in [9.17, 15) is 18.0 Å². The Morgan fingerprint density at radius 3 is 1.96 bits per heavy atom. The maximum absolute atomic E-state index is 14.5. The fourth-order valence-electron chi connectivity index (χ4n) is 4.71. The molecule has 0 bridgehead atoms. The second kappa shape index (κ2) is 15.6. The van der Waals surface area contributed by atoms with Crippen LogP contribution in [0.25, 0.3) is 0 Å². The van der Waals surface area contributed by atoms with E-state index in [0.29, 0.717) is 27.1 Å². The van der Waals surface area contributed by atoms with Gasteiger partial charge in [-0.2, -0.15) is 0 Å². The predicted molar refractivity (Wildman–Crippen MR) is 181 cm³/mol. The zero-order valence-electron chi connectivity index (χ0n) is 24.9. The Morgan fingerprint density at radius 2 is 1.38 bits per heavy atom. The second-order valence-corrected chi connectivity index (χ2v) is 13.7. The number of amides is 2. The van der Waals surface area contributed by atoms with Crippen LogP contribution in [0, 0.1) is 0 Å². The molecule has 236 valence electrons. The summed E-state index contributed by atoms with van der Waals surface area (Å²) in [6.07, 6.45) is 0.849. The van der Waals surface area contributed by atoms with Crippen LogP contribution in [0.4, 0.5) is 5.69 Å². The first-order chi connectivity index (χ1) is 21.5. The monoisotopic (exact) mass is 685 g/mol. The first kappa shape index (κ1) is 34.3. The third kappa shape index (κ3) is 8.79. The number of halogens is 3. The summed E-state index contributed by atoms with van der Waals surface area (Å²) in [5.41, 5.74) is 1.54. The predicted octanol–water partition coefficient (Wildman–Crippen LogP) is 7.40.